The summed E-state index contributed by atoms with van der Waals surface area (Å²) in [7, 11) is 0. The summed E-state index contributed by atoms with van der Waals surface area (Å²) in [6.07, 6.45) is 3.24. The third kappa shape index (κ3) is 3.47. The minimum atomic E-state index is -0.996. The number of imide groups is 1. The van der Waals surface area contributed by atoms with E-state index >= 15 is 0 Å². The summed E-state index contributed by atoms with van der Waals surface area (Å²) in [5, 5.41) is 0. The first kappa shape index (κ1) is 18.0. The molecule has 0 radical (unpaired) electrons. The standard InChI is InChI=1S/C18H19BrFNO4/c1-10(18(24)25-9-11-6-7-12(19)8-15(11)20)21-16(22)13-4-2-3-5-14(13)17(21)23/h6-8,10,13-14H,2-5,9H2,1H3/t10-,13-,14-/m0/s1. The summed E-state index contributed by atoms with van der Waals surface area (Å²) in [6.45, 7) is 1.23. The second-order valence-corrected chi connectivity index (χ2v) is 7.48. The normalized spacial score (nSPS) is 24.2. The van der Waals surface area contributed by atoms with Gasteiger partial charge < -0.3 is 4.74 Å². The molecule has 5 nitrogen and oxygen atoms in total. The largest absolute Gasteiger partial charge is 0.459 e. The number of likely N-dealkylation sites (tertiary alicyclic amines) is 1. The number of halogens is 2. The Balaban J connectivity index is 1.66. The third-order valence-corrected chi connectivity index (χ3v) is 5.48. The number of fused-ring (bicyclic) bond motifs is 1. The number of hydrogen-bond donors (Lipinski definition) is 0. The molecular formula is C18H19BrFNO4. The maximum absolute atomic E-state index is 13.8. The van der Waals surface area contributed by atoms with Crippen LogP contribution in [0.5, 0.6) is 0 Å². The molecule has 1 aromatic rings. The number of benzene rings is 1. The molecule has 0 aromatic heterocycles. The number of hydrogen-bond acceptors (Lipinski definition) is 4. The fourth-order valence-electron chi connectivity index (χ4n) is 3.58. The predicted octanol–water partition coefficient (Wildman–Crippen LogP) is 3.20. The first-order valence-electron chi connectivity index (χ1n) is 8.37. The molecule has 134 valence electrons. The summed E-state index contributed by atoms with van der Waals surface area (Å²) < 4.78 is 19.5. The zero-order valence-electron chi connectivity index (χ0n) is 13.8. The van der Waals surface area contributed by atoms with Crippen LogP contribution in [0.3, 0.4) is 0 Å². The van der Waals surface area contributed by atoms with Gasteiger partial charge in [-0.1, -0.05) is 34.8 Å². The highest BCUT2D eigenvalue weighted by Gasteiger charge is 2.51. The van der Waals surface area contributed by atoms with Crippen molar-refractivity contribution in [2.24, 2.45) is 11.8 Å². The number of esters is 1. The molecule has 25 heavy (non-hydrogen) atoms. The molecule has 2 fully saturated rings. The lowest BCUT2D eigenvalue weighted by Crippen LogP contribution is -2.44. The summed E-state index contributed by atoms with van der Waals surface area (Å²) in [5.74, 6) is -2.37. The maximum Gasteiger partial charge on any atom is 0.329 e. The van der Waals surface area contributed by atoms with Crippen LogP contribution in [0.4, 0.5) is 4.39 Å². The van der Waals surface area contributed by atoms with Crippen LogP contribution in [-0.2, 0) is 25.7 Å². The molecule has 1 saturated carbocycles. The molecular weight excluding hydrogens is 393 g/mol. The Morgan fingerprint density at radius 1 is 1.28 bits per heavy atom. The monoisotopic (exact) mass is 411 g/mol. The maximum atomic E-state index is 13.8. The lowest BCUT2D eigenvalue weighted by atomic mass is 9.81. The van der Waals surface area contributed by atoms with Gasteiger partial charge in [-0.25, -0.2) is 9.18 Å². The van der Waals surface area contributed by atoms with Crippen LogP contribution >= 0.6 is 15.9 Å². The van der Waals surface area contributed by atoms with Crippen molar-refractivity contribution >= 4 is 33.7 Å². The molecule has 1 aliphatic carbocycles. The number of carbonyl (C=O) groups excluding carboxylic acids is 3. The van der Waals surface area contributed by atoms with Gasteiger partial charge in [0.15, 0.2) is 0 Å². The van der Waals surface area contributed by atoms with E-state index in [4.69, 9.17) is 4.74 Å². The Bertz CT molecular complexity index is 699. The van der Waals surface area contributed by atoms with Crippen molar-refractivity contribution in [2.45, 2.75) is 45.3 Å². The predicted molar refractivity (Wildman–Crippen MR) is 90.7 cm³/mol. The highest BCUT2D eigenvalue weighted by atomic mass is 79.9. The molecule has 1 aromatic carbocycles. The van der Waals surface area contributed by atoms with Crippen LogP contribution < -0.4 is 0 Å². The van der Waals surface area contributed by atoms with Gasteiger partial charge in [0.2, 0.25) is 11.8 Å². The topological polar surface area (TPSA) is 63.7 Å². The molecule has 0 N–H and O–H groups in total. The zero-order chi connectivity index (χ0) is 18.1. The van der Waals surface area contributed by atoms with E-state index in [1.54, 1.807) is 6.07 Å². The fraction of sp³-hybridized carbons (Fsp3) is 0.500. The number of rotatable bonds is 4. The minimum Gasteiger partial charge on any atom is -0.459 e. The Morgan fingerprint density at radius 2 is 1.88 bits per heavy atom. The summed E-state index contributed by atoms with van der Waals surface area (Å²) >= 11 is 3.16. The summed E-state index contributed by atoms with van der Waals surface area (Å²) in [4.78, 5) is 38.3. The van der Waals surface area contributed by atoms with Crippen LogP contribution in [0.1, 0.15) is 38.2 Å². The first-order chi connectivity index (χ1) is 11.9. The van der Waals surface area contributed by atoms with Gasteiger partial charge >= 0.3 is 5.97 Å². The Labute approximate surface area is 153 Å². The molecule has 1 aliphatic heterocycles. The van der Waals surface area contributed by atoms with Crippen LogP contribution in [-0.4, -0.2) is 28.7 Å². The molecule has 1 heterocycles. The van der Waals surface area contributed by atoms with Crippen LogP contribution in [0, 0.1) is 17.7 Å². The lowest BCUT2D eigenvalue weighted by Gasteiger charge is -2.21. The smallest absolute Gasteiger partial charge is 0.329 e. The second-order valence-electron chi connectivity index (χ2n) is 6.56. The molecule has 2 aliphatic rings. The number of carbonyl (C=O) groups is 3. The minimum absolute atomic E-state index is 0.233. The van der Waals surface area contributed by atoms with E-state index in [2.05, 4.69) is 15.9 Å². The molecule has 7 heteroatoms. The van der Waals surface area contributed by atoms with Gasteiger partial charge in [-0.2, -0.15) is 0 Å². The molecule has 3 rings (SSSR count). The molecule has 2 amide bonds. The van der Waals surface area contributed by atoms with E-state index in [0.717, 1.165) is 17.7 Å². The van der Waals surface area contributed by atoms with Crippen LogP contribution in [0.15, 0.2) is 22.7 Å². The number of nitrogens with zero attached hydrogens (tertiary/aromatic N) is 1. The van der Waals surface area contributed by atoms with Crippen molar-refractivity contribution < 1.29 is 23.5 Å². The SMILES string of the molecule is C[C@@H](C(=O)OCc1ccc(Br)cc1F)N1C(=O)[C@H]2CCCC[C@@H]2C1=O. The molecule has 1 saturated heterocycles. The van der Waals surface area contributed by atoms with E-state index in [-0.39, 0.29) is 35.8 Å². The van der Waals surface area contributed by atoms with Crippen molar-refractivity contribution in [1.29, 1.82) is 0 Å². The van der Waals surface area contributed by atoms with E-state index in [1.807, 2.05) is 0 Å². The van der Waals surface area contributed by atoms with Gasteiger partial charge in [-0.3, -0.25) is 14.5 Å². The highest BCUT2D eigenvalue weighted by Crippen LogP contribution is 2.38. The van der Waals surface area contributed by atoms with Crippen LogP contribution in [0.2, 0.25) is 0 Å². The quantitative estimate of drug-likeness (QED) is 0.563. The second kappa shape index (κ2) is 7.23. The van der Waals surface area contributed by atoms with E-state index in [0.29, 0.717) is 17.3 Å². The fourth-order valence-corrected chi connectivity index (χ4v) is 3.92. The Morgan fingerprint density at radius 3 is 2.44 bits per heavy atom. The molecule has 0 bridgehead atoms. The van der Waals surface area contributed by atoms with Gasteiger partial charge in [-0.15, -0.1) is 0 Å². The zero-order valence-corrected chi connectivity index (χ0v) is 15.4. The number of amides is 2. The Kier molecular flexibility index (Phi) is 5.22. The summed E-state index contributed by atoms with van der Waals surface area (Å²) in [5.41, 5.74) is 0.233. The first-order valence-corrected chi connectivity index (χ1v) is 9.17. The van der Waals surface area contributed by atoms with Crippen LogP contribution in [0.25, 0.3) is 0 Å². The molecule has 0 spiro atoms. The molecule has 3 atom stereocenters. The van der Waals surface area contributed by atoms with Gasteiger partial charge in [0, 0.05) is 10.0 Å². The van der Waals surface area contributed by atoms with E-state index in [1.165, 1.54) is 19.1 Å². The van der Waals surface area contributed by atoms with Gasteiger partial charge in [-0.05, 0) is 31.9 Å². The average molecular weight is 412 g/mol. The van der Waals surface area contributed by atoms with Crippen molar-refractivity contribution in [2.75, 3.05) is 0 Å². The Hall–Kier alpha value is -1.76. The van der Waals surface area contributed by atoms with Crippen molar-refractivity contribution in [1.82, 2.24) is 4.90 Å². The van der Waals surface area contributed by atoms with Gasteiger partial charge in [0.1, 0.15) is 18.5 Å². The summed E-state index contributed by atoms with van der Waals surface area (Å²) in [6, 6.07) is 3.45. The van der Waals surface area contributed by atoms with Crippen molar-refractivity contribution in [3.05, 3.63) is 34.1 Å². The van der Waals surface area contributed by atoms with Crippen molar-refractivity contribution in [3.63, 3.8) is 0 Å². The van der Waals surface area contributed by atoms with Gasteiger partial charge in [0.05, 0.1) is 11.8 Å². The number of ether oxygens (including phenoxy) is 1. The highest BCUT2D eigenvalue weighted by molar-refractivity contribution is 9.10. The lowest BCUT2D eigenvalue weighted by molar-refractivity contribution is -0.159. The molecule has 0 unspecified atom stereocenters. The van der Waals surface area contributed by atoms with Gasteiger partial charge in [0.25, 0.3) is 0 Å². The third-order valence-electron chi connectivity index (χ3n) is 4.99. The van der Waals surface area contributed by atoms with E-state index < -0.39 is 17.8 Å². The average Bonchev–Trinajstić information content (AvgIpc) is 2.85. The van der Waals surface area contributed by atoms with E-state index in [9.17, 15) is 18.8 Å². The van der Waals surface area contributed by atoms with Crippen molar-refractivity contribution in [3.8, 4) is 0 Å².